The number of piperidine rings is 1. The summed E-state index contributed by atoms with van der Waals surface area (Å²) < 4.78 is 1.80. The summed E-state index contributed by atoms with van der Waals surface area (Å²) in [5.41, 5.74) is 4.27. The Labute approximate surface area is 199 Å². The molecule has 1 saturated carbocycles. The number of hydrogen-bond acceptors (Lipinski definition) is 5. The van der Waals surface area contributed by atoms with Gasteiger partial charge in [-0.1, -0.05) is 18.6 Å². The molecule has 4 heterocycles. The van der Waals surface area contributed by atoms with Crippen molar-refractivity contribution in [1.82, 2.24) is 19.7 Å². The van der Waals surface area contributed by atoms with Gasteiger partial charge in [0, 0.05) is 60.9 Å². The van der Waals surface area contributed by atoms with Crippen LogP contribution >= 0.6 is 0 Å². The number of anilines is 1. The Bertz CT molecular complexity index is 1360. The first-order valence-corrected chi connectivity index (χ1v) is 12.2. The molecule has 6 heteroatoms. The lowest BCUT2D eigenvalue weighted by atomic mass is 9.63. The minimum absolute atomic E-state index is 0.0754. The van der Waals surface area contributed by atoms with Crippen LogP contribution < -0.4 is 4.90 Å². The van der Waals surface area contributed by atoms with Crippen LogP contribution in [0.4, 0.5) is 5.82 Å². The van der Waals surface area contributed by atoms with Crippen LogP contribution in [0.2, 0.25) is 0 Å². The number of Topliss-reactive ketones (excluding diaryl/α,β-unsaturated/α-hetero) is 1. The largest absolute Gasteiger partial charge is 0.357 e. The predicted octanol–water partition coefficient (Wildman–Crippen LogP) is 5.23. The highest BCUT2D eigenvalue weighted by Crippen LogP contribution is 2.49. The van der Waals surface area contributed by atoms with Crippen molar-refractivity contribution in [2.24, 2.45) is 12.5 Å². The number of nitrogens with zero attached hydrogens (tertiary/aromatic N) is 5. The van der Waals surface area contributed by atoms with E-state index in [1.54, 1.807) is 10.9 Å². The summed E-state index contributed by atoms with van der Waals surface area (Å²) in [7, 11) is 1.92. The van der Waals surface area contributed by atoms with Crippen molar-refractivity contribution in [3.63, 3.8) is 0 Å². The van der Waals surface area contributed by atoms with E-state index < -0.39 is 0 Å². The van der Waals surface area contributed by atoms with Crippen LogP contribution in [0.3, 0.4) is 0 Å². The van der Waals surface area contributed by atoms with Gasteiger partial charge in [0.1, 0.15) is 5.82 Å². The standard InChI is InChI=1S/C28H29N5O/c1-32-19-24(18-31-32)20-3-4-22-17-30-25(14-23(22)13-20)16-26(34)21-5-10-29-27(15-21)33-11-8-28(9-12-33)6-2-7-28/h3-5,10,13-15,17-19H,2,6-9,11-12,16H2,1H3. The zero-order chi connectivity index (χ0) is 23.1. The van der Waals surface area contributed by atoms with Gasteiger partial charge in [-0.05, 0) is 66.3 Å². The Balaban J connectivity index is 1.19. The van der Waals surface area contributed by atoms with Gasteiger partial charge in [-0.3, -0.25) is 14.5 Å². The summed E-state index contributed by atoms with van der Waals surface area (Å²) in [4.78, 5) is 24.6. The molecule has 1 spiro atoms. The summed E-state index contributed by atoms with van der Waals surface area (Å²) in [5.74, 6) is 0.999. The van der Waals surface area contributed by atoms with Gasteiger partial charge in [-0.25, -0.2) is 4.98 Å². The zero-order valence-corrected chi connectivity index (χ0v) is 19.6. The molecule has 1 saturated heterocycles. The third-order valence-electron chi connectivity index (χ3n) is 7.79. The number of pyridine rings is 2. The van der Waals surface area contributed by atoms with Gasteiger partial charge in [0.2, 0.25) is 0 Å². The molecule has 4 aromatic rings. The van der Waals surface area contributed by atoms with Crippen LogP contribution in [0.15, 0.2) is 61.2 Å². The average Bonchev–Trinajstić information content (AvgIpc) is 3.29. The molecule has 2 aliphatic rings. The van der Waals surface area contributed by atoms with Gasteiger partial charge in [-0.2, -0.15) is 5.10 Å². The van der Waals surface area contributed by atoms with Crippen molar-refractivity contribution in [3.8, 4) is 11.1 Å². The molecular weight excluding hydrogens is 422 g/mol. The molecule has 34 heavy (non-hydrogen) atoms. The molecule has 0 atom stereocenters. The van der Waals surface area contributed by atoms with E-state index in [2.05, 4.69) is 38.2 Å². The van der Waals surface area contributed by atoms with E-state index in [1.165, 1.54) is 32.1 Å². The molecule has 6 nitrogen and oxygen atoms in total. The first-order valence-electron chi connectivity index (χ1n) is 12.2. The molecule has 1 aliphatic carbocycles. The smallest absolute Gasteiger partial charge is 0.169 e. The van der Waals surface area contributed by atoms with Crippen LogP contribution in [0.5, 0.6) is 0 Å². The van der Waals surface area contributed by atoms with Crippen molar-refractivity contribution in [3.05, 3.63) is 72.4 Å². The Hall–Kier alpha value is -3.54. The molecule has 172 valence electrons. The molecule has 1 aromatic carbocycles. The summed E-state index contributed by atoms with van der Waals surface area (Å²) >= 11 is 0. The molecule has 0 N–H and O–H groups in total. The number of carbonyl (C=O) groups excluding carboxylic acids is 1. The summed E-state index contributed by atoms with van der Waals surface area (Å²) in [6.07, 6.45) is 14.4. The van der Waals surface area contributed by atoms with Gasteiger partial charge < -0.3 is 4.90 Å². The lowest BCUT2D eigenvalue weighted by Gasteiger charge is -2.48. The first kappa shape index (κ1) is 21.0. The second-order valence-electron chi connectivity index (χ2n) is 9.98. The number of benzene rings is 1. The number of aryl methyl sites for hydroxylation is 1. The maximum absolute atomic E-state index is 13.1. The molecule has 0 unspecified atom stereocenters. The monoisotopic (exact) mass is 451 g/mol. The highest BCUT2D eigenvalue weighted by molar-refractivity contribution is 5.98. The maximum Gasteiger partial charge on any atom is 0.169 e. The first-order chi connectivity index (χ1) is 16.6. The molecule has 2 fully saturated rings. The van der Waals surface area contributed by atoms with Crippen molar-refractivity contribution >= 4 is 22.4 Å². The van der Waals surface area contributed by atoms with Gasteiger partial charge in [0.25, 0.3) is 0 Å². The maximum atomic E-state index is 13.1. The van der Waals surface area contributed by atoms with Crippen molar-refractivity contribution in [2.45, 2.75) is 38.5 Å². The fourth-order valence-electron chi connectivity index (χ4n) is 5.45. The van der Waals surface area contributed by atoms with E-state index in [0.29, 0.717) is 11.0 Å². The van der Waals surface area contributed by atoms with Gasteiger partial charge in [-0.15, -0.1) is 0 Å². The lowest BCUT2D eigenvalue weighted by Crippen LogP contribution is -2.43. The molecule has 6 rings (SSSR count). The van der Waals surface area contributed by atoms with E-state index in [1.807, 2.05) is 43.8 Å². The van der Waals surface area contributed by atoms with Crippen LogP contribution in [0, 0.1) is 5.41 Å². The van der Waals surface area contributed by atoms with Crippen molar-refractivity contribution in [2.75, 3.05) is 18.0 Å². The summed E-state index contributed by atoms with van der Waals surface area (Å²) in [6, 6.07) is 12.1. The minimum atomic E-state index is 0.0754. The van der Waals surface area contributed by atoms with E-state index in [9.17, 15) is 4.79 Å². The summed E-state index contributed by atoms with van der Waals surface area (Å²) in [6.45, 7) is 2.08. The van der Waals surface area contributed by atoms with E-state index in [-0.39, 0.29) is 12.2 Å². The van der Waals surface area contributed by atoms with Gasteiger partial charge in [0.15, 0.2) is 5.78 Å². The van der Waals surface area contributed by atoms with Crippen molar-refractivity contribution in [1.29, 1.82) is 0 Å². The lowest BCUT2D eigenvalue weighted by molar-refractivity contribution is 0.0951. The quantitative estimate of drug-likeness (QED) is 0.389. The second kappa shape index (κ2) is 8.35. The van der Waals surface area contributed by atoms with Crippen LogP contribution in [-0.2, 0) is 13.5 Å². The Kier molecular flexibility index (Phi) is 5.16. The van der Waals surface area contributed by atoms with Crippen LogP contribution in [0.25, 0.3) is 21.9 Å². The van der Waals surface area contributed by atoms with E-state index in [0.717, 1.165) is 46.5 Å². The third kappa shape index (κ3) is 3.98. The number of aromatic nitrogens is 4. The number of hydrogen-bond donors (Lipinski definition) is 0. The second-order valence-corrected chi connectivity index (χ2v) is 9.98. The SMILES string of the molecule is Cn1cc(-c2ccc3cnc(CC(=O)c4ccnc(N5CCC6(CCC6)CC5)c4)cc3c2)cn1. The Morgan fingerprint density at radius 3 is 2.53 bits per heavy atom. The molecule has 0 bridgehead atoms. The fourth-order valence-corrected chi connectivity index (χ4v) is 5.45. The number of rotatable bonds is 5. The topological polar surface area (TPSA) is 63.9 Å². The summed E-state index contributed by atoms with van der Waals surface area (Å²) in [5, 5.41) is 6.41. The average molecular weight is 452 g/mol. The Morgan fingerprint density at radius 1 is 0.941 bits per heavy atom. The fraction of sp³-hybridized carbons (Fsp3) is 0.357. The van der Waals surface area contributed by atoms with Crippen LogP contribution in [0.1, 0.15) is 48.2 Å². The predicted molar refractivity (Wildman–Crippen MR) is 134 cm³/mol. The normalized spacial score (nSPS) is 17.1. The molecule has 0 radical (unpaired) electrons. The Morgan fingerprint density at radius 2 is 1.79 bits per heavy atom. The molecular formula is C28H29N5O. The molecule has 1 aliphatic heterocycles. The van der Waals surface area contributed by atoms with Crippen LogP contribution in [-0.4, -0.2) is 38.6 Å². The van der Waals surface area contributed by atoms with E-state index >= 15 is 0 Å². The number of ketones is 1. The number of fused-ring (bicyclic) bond motifs is 1. The van der Waals surface area contributed by atoms with Gasteiger partial charge in [0.05, 0.1) is 12.6 Å². The molecule has 3 aromatic heterocycles. The molecule has 0 amide bonds. The van der Waals surface area contributed by atoms with Gasteiger partial charge >= 0.3 is 0 Å². The minimum Gasteiger partial charge on any atom is -0.357 e. The third-order valence-corrected chi connectivity index (χ3v) is 7.79. The van der Waals surface area contributed by atoms with E-state index in [4.69, 9.17) is 0 Å². The highest BCUT2D eigenvalue weighted by Gasteiger charge is 2.39. The zero-order valence-electron chi connectivity index (χ0n) is 19.6. The van der Waals surface area contributed by atoms with Crippen molar-refractivity contribution < 1.29 is 4.79 Å². The number of carbonyl (C=O) groups is 1. The highest BCUT2D eigenvalue weighted by atomic mass is 16.1.